The minimum absolute atomic E-state index is 0.673. The first kappa shape index (κ1) is 10.4. The molecule has 2 aliphatic heterocycles. The van der Waals surface area contributed by atoms with Gasteiger partial charge in [-0.2, -0.15) is 0 Å². The number of nitrogens with zero attached hydrogens (tertiary/aromatic N) is 1. The SMILES string of the molecule is CC1CN(CC2CCCCN2)CCN1. The second-order valence-electron chi connectivity index (χ2n) is 4.76. The number of piperidine rings is 1. The van der Waals surface area contributed by atoms with Gasteiger partial charge in [0, 0.05) is 38.3 Å². The van der Waals surface area contributed by atoms with Gasteiger partial charge >= 0.3 is 0 Å². The molecule has 0 saturated carbocycles. The van der Waals surface area contributed by atoms with Gasteiger partial charge in [-0.05, 0) is 26.3 Å². The first-order valence-corrected chi connectivity index (χ1v) is 6.04. The summed E-state index contributed by atoms with van der Waals surface area (Å²) in [6.07, 6.45) is 4.16. The predicted octanol–water partition coefficient (Wildman–Crippen LogP) is 0.422. The van der Waals surface area contributed by atoms with Gasteiger partial charge in [0.25, 0.3) is 0 Å². The van der Waals surface area contributed by atoms with E-state index in [9.17, 15) is 0 Å². The van der Waals surface area contributed by atoms with Crippen LogP contribution in [0.2, 0.25) is 0 Å². The van der Waals surface area contributed by atoms with E-state index in [0.717, 1.165) is 12.6 Å². The summed E-state index contributed by atoms with van der Waals surface area (Å²) in [4.78, 5) is 2.60. The van der Waals surface area contributed by atoms with Crippen molar-refractivity contribution < 1.29 is 0 Å². The molecule has 0 aromatic heterocycles. The van der Waals surface area contributed by atoms with Gasteiger partial charge in [0.2, 0.25) is 0 Å². The van der Waals surface area contributed by atoms with Crippen molar-refractivity contribution in [2.24, 2.45) is 0 Å². The molecular weight excluding hydrogens is 174 g/mol. The van der Waals surface area contributed by atoms with Crippen LogP contribution in [0.25, 0.3) is 0 Å². The molecule has 14 heavy (non-hydrogen) atoms. The van der Waals surface area contributed by atoms with Crippen molar-refractivity contribution in [3.63, 3.8) is 0 Å². The fraction of sp³-hybridized carbons (Fsp3) is 1.00. The fourth-order valence-corrected chi connectivity index (χ4v) is 2.57. The van der Waals surface area contributed by atoms with E-state index in [4.69, 9.17) is 0 Å². The zero-order valence-electron chi connectivity index (χ0n) is 9.26. The van der Waals surface area contributed by atoms with Crippen LogP contribution in [0, 0.1) is 0 Å². The average molecular weight is 197 g/mol. The van der Waals surface area contributed by atoms with E-state index < -0.39 is 0 Å². The van der Waals surface area contributed by atoms with E-state index in [1.165, 1.54) is 45.4 Å². The Balaban J connectivity index is 1.72. The average Bonchev–Trinajstić information content (AvgIpc) is 2.19. The zero-order valence-corrected chi connectivity index (χ0v) is 9.26. The quantitative estimate of drug-likeness (QED) is 0.672. The number of piperazine rings is 1. The van der Waals surface area contributed by atoms with E-state index in [1.807, 2.05) is 0 Å². The van der Waals surface area contributed by atoms with Crippen molar-refractivity contribution in [1.82, 2.24) is 15.5 Å². The maximum Gasteiger partial charge on any atom is 0.0195 e. The molecule has 0 amide bonds. The highest BCUT2D eigenvalue weighted by atomic mass is 15.2. The van der Waals surface area contributed by atoms with Gasteiger partial charge in [0.15, 0.2) is 0 Å². The molecule has 2 atom stereocenters. The van der Waals surface area contributed by atoms with Crippen LogP contribution in [0.1, 0.15) is 26.2 Å². The molecule has 2 saturated heterocycles. The van der Waals surface area contributed by atoms with Crippen molar-refractivity contribution in [3.8, 4) is 0 Å². The number of rotatable bonds is 2. The zero-order chi connectivity index (χ0) is 9.80. The van der Waals surface area contributed by atoms with Crippen LogP contribution in [0.4, 0.5) is 0 Å². The molecule has 2 rings (SSSR count). The molecule has 3 heteroatoms. The molecule has 0 aromatic rings. The Morgan fingerprint density at radius 2 is 2.14 bits per heavy atom. The van der Waals surface area contributed by atoms with E-state index >= 15 is 0 Å². The maximum atomic E-state index is 3.62. The van der Waals surface area contributed by atoms with Crippen molar-refractivity contribution >= 4 is 0 Å². The monoisotopic (exact) mass is 197 g/mol. The summed E-state index contributed by atoms with van der Waals surface area (Å²) in [6.45, 7) is 8.37. The van der Waals surface area contributed by atoms with Gasteiger partial charge < -0.3 is 10.6 Å². The molecule has 2 unspecified atom stereocenters. The van der Waals surface area contributed by atoms with Crippen molar-refractivity contribution in [2.75, 3.05) is 32.7 Å². The molecule has 2 fully saturated rings. The Morgan fingerprint density at radius 3 is 2.86 bits per heavy atom. The molecular formula is C11H23N3. The summed E-state index contributed by atoms with van der Waals surface area (Å²) >= 11 is 0. The Hall–Kier alpha value is -0.120. The van der Waals surface area contributed by atoms with Crippen molar-refractivity contribution in [2.45, 2.75) is 38.3 Å². The fourth-order valence-electron chi connectivity index (χ4n) is 2.57. The lowest BCUT2D eigenvalue weighted by Crippen LogP contribution is -2.53. The van der Waals surface area contributed by atoms with Crippen LogP contribution in [0.5, 0.6) is 0 Å². The lowest BCUT2D eigenvalue weighted by Gasteiger charge is -2.35. The molecule has 0 radical (unpaired) electrons. The minimum Gasteiger partial charge on any atom is -0.313 e. The van der Waals surface area contributed by atoms with Gasteiger partial charge in [-0.1, -0.05) is 6.42 Å². The normalized spacial score (nSPS) is 35.8. The van der Waals surface area contributed by atoms with E-state index in [0.29, 0.717) is 6.04 Å². The van der Waals surface area contributed by atoms with E-state index in [1.54, 1.807) is 0 Å². The summed E-state index contributed by atoms with van der Waals surface area (Å²) in [5, 5.41) is 7.11. The highest BCUT2D eigenvalue weighted by molar-refractivity contribution is 4.81. The molecule has 2 aliphatic rings. The molecule has 2 heterocycles. The first-order chi connectivity index (χ1) is 6.84. The minimum atomic E-state index is 0.673. The number of hydrogen-bond acceptors (Lipinski definition) is 3. The predicted molar refractivity (Wildman–Crippen MR) is 59.5 cm³/mol. The van der Waals surface area contributed by atoms with E-state index in [-0.39, 0.29) is 0 Å². The Kier molecular flexibility index (Phi) is 3.79. The van der Waals surface area contributed by atoms with E-state index in [2.05, 4.69) is 22.5 Å². The van der Waals surface area contributed by atoms with Gasteiger partial charge in [0.1, 0.15) is 0 Å². The maximum absolute atomic E-state index is 3.62. The summed E-state index contributed by atoms with van der Waals surface area (Å²) < 4.78 is 0. The van der Waals surface area contributed by atoms with Gasteiger partial charge in [-0.25, -0.2) is 0 Å². The lowest BCUT2D eigenvalue weighted by molar-refractivity contribution is 0.177. The lowest BCUT2D eigenvalue weighted by atomic mass is 10.0. The molecule has 2 N–H and O–H groups in total. The topological polar surface area (TPSA) is 27.3 Å². The molecule has 3 nitrogen and oxygen atoms in total. The molecule has 0 aromatic carbocycles. The van der Waals surface area contributed by atoms with Crippen LogP contribution in [-0.2, 0) is 0 Å². The van der Waals surface area contributed by atoms with Crippen LogP contribution in [0.15, 0.2) is 0 Å². The first-order valence-electron chi connectivity index (χ1n) is 6.04. The molecule has 0 bridgehead atoms. The third-order valence-corrected chi connectivity index (χ3v) is 3.34. The van der Waals surface area contributed by atoms with Crippen LogP contribution < -0.4 is 10.6 Å². The van der Waals surface area contributed by atoms with Gasteiger partial charge in [-0.15, -0.1) is 0 Å². The highest BCUT2D eigenvalue weighted by Crippen LogP contribution is 2.09. The Labute approximate surface area is 87.2 Å². The number of hydrogen-bond donors (Lipinski definition) is 2. The van der Waals surface area contributed by atoms with Crippen LogP contribution >= 0.6 is 0 Å². The second kappa shape index (κ2) is 5.10. The van der Waals surface area contributed by atoms with Crippen molar-refractivity contribution in [3.05, 3.63) is 0 Å². The van der Waals surface area contributed by atoms with Gasteiger partial charge in [0.05, 0.1) is 0 Å². The summed E-state index contributed by atoms with van der Waals surface area (Å²) in [7, 11) is 0. The molecule has 82 valence electrons. The second-order valence-corrected chi connectivity index (χ2v) is 4.76. The summed E-state index contributed by atoms with van der Waals surface area (Å²) in [5.41, 5.74) is 0. The molecule has 0 aliphatic carbocycles. The standard InChI is InChI=1S/C11H23N3/c1-10-8-14(7-6-12-10)9-11-4-2-3-5-13-11/h10-13H,2-9H2,1H3. The molecule has 0 spiro atoms. The van der Waals surface area contributed by atoms with Crippen molar-refractivity contribution in [1.29, 1.82) is 0 Å². The Morgan fingerprint density at radius 1 is 1.21 bits per heavy atom. The van der Waals surface area contributed by atoms with Crippen LogP contribution in [0.3, 0.4) is 0 Å². The van der Waals surface area contributed by atoms with Gasteiger partial charge in [-0.3, -0.25) is 4.90 Å². The third-order valence-electron chi connectivity index (χ3n) is 3.34. The van der Waals surface area contributed by atoms with Crippen LogP contribution in [-0.4, -0.2) is 49.7 Å². The smallest absolute Gasteiger partial charge is 0.0195 e. The number of nitrogens with one attached hydrogen (secondary N) is 2. The summed E-state index contributed by atoms with van der Waals surface area (Å²) in [5.74, 6) is 0. The highest BCUT2D eigenvalue weighted by Gasteiger charge is 2.20. The largest absolute Gasteiger partial charge is 0.313 e. The summed E-state index contributed by atoms with van der Waals surface area (Å²) in [6, 6.07) is 1.43. The Bertz CT molecular complexity index is 166. The third kappa shape index (κ3) is 2.94.